The minimum atomic E-state index is -0.211. The van der Waals surface area contributed by atoms with E-state index in [0.29, 0.717) is 5.13 Å². The van der Waals surface area contributed by atoms with E-state index in [2.05, 4.69) is 34.8 Å². The van der Waals surface area contributed by atoms with Crippen LogP contribution in [-0.4, -0.2) is 36.3 Å². The third-order valence-electron chi connectivity index (χ3n) is 4.06. The highest BCUT2D eigenvalue weighted by molar-refractivity contribution is 7.14. The van der Waals surface area contributed by atoms with Crippen LogP contribution in [0.3, 0.4) is 0 Å². The van der Waals surface area contributed by atoms with Gasteiger partial charge in [0.1, 0.15) is 12.4 Å². The molecular formula is C19H21N3O3S. The Balaban J connectivity index is 1.90. The number of methoxy groups -OCH3 is 2. The number of amides is 1. The summed E-state index contributed by atoms with van der Waals surface area (Å²) in [7, 11) is 3.14. The first-order valence-corrected chi connectivity index (χ1v) is 8.99. The van der Waals surface area contributed by atoms with E-state index in [-0.39, 0.29) is 12.5 Å². The highest BCUT2D eigenvalue weighted by Gasteiger charge is 2.15. The Morgan fingerprint density at radius 2 is 1.96 bits per heavy atom. The Bertz CT molecular complexity index is 913. The Kier molecular flexibility index (Phi) is 5.39. The third-order valence-corrected chi connectivity index (χ3v) is 4.82. The molecule has 0 unspecified atom stereocenters. The quantitative estimate of drug-likeness (QED) is 0.716. The minimum Gasteiger partial charge on any atom is -0.497 e. The highest BCUT2D eigenvalue weighted by Crippen LogP contribution is 2.32. The van der Waals surface area contributed by atoms with Crippen LogP contribution in [0.1, 0.15) is 11.4 Å². The monoisotopic (exact) mass is 371 g/mol. The summed E-state index contributed by atoms with van der Waals surface area (Å²) in [6.45, 7) is 4.14. The summed E-state index contributed by atoms with van der Waals surface area (Å²) >= 11 is 1.40. The van der Waals surface area contributed by atoms with Crippen molar-refractivity contribution in [1.82, 2.24) is 9.55 Å². The summed E-state index contributed by atoms with van der Waals surface area (Å²) in [5, 5.41) is 5.25. The van der Waals surface area contributed by atoms with E-state index in [4.69, 9.17) is 9.47 Å². The normalized spacial score (nSPS) is 10.8. The van der Waals surface area contributed by atoms with Gasteiger partial charge in [0, 0.05) is 35.1 Å². The average Bonchev–Trinajstić information content (AvgIpc) is 3.19. The van der Waals surface area contributed by atoms with Crippen LogP contribution in [0.4, 0.5) is 5.13 Å². The maximum atomic E-state index is 11.6. The fourth-order valence-corrected chi connectivity index (χ4v) is 3.62. The Morgan fingerprint density at radius 1 is 1.23 bits per heavy atom. The van der Waals surface area contributed by atoms with Gasteiger partial charge in [-0.25, -0.2) is 4.98 Å². The molecule has 136 valence electrons. The molecule has 1 aromatic carbocycles. The lowest BCUT2D eigenvalue weighted by molar-refractivity contribution is -0.119. The Labute approximate surface area is 156 Å². The second-order valence-corrected chi connectivity index (χ2v) is 6.70. The van der Waals surface area contributed by atoms with Crippen LogP contribution >= 0.6 is 11.3 Å². The zero-order valence-electron chi connectivity index (χ0n) is 15.2. The molecule has 26 heavy (non-hydrogen) atoms. The topological polar surface area (TPSA) is 65.4 Å². The van der Waals surface area contributed by atoms with Crippen LogP contribution in [-0.2, 0) is 9.53 Å². The maximum Gasteiger partial charge on any atom is 0.252 e. The molecule has 0 saturated carbocycles. The minimum absolute atomic E-state index is 0.0148. The first-order chi connectivity index (χ1) is 12.5. The van der Waals surface area contributed by atoms with Crippen molar-refractivity contribution in [2.75, 3.05) is 26.1 Å². The summed E-state index contributed by atoms with van der Waals surface area (Å²) in [5.41, 5.74) is 5.15. The number of anilines is 1. The molecule has 0 aliphatic heterocycles. The van der Waals surface area contributed by atoms with Crippen molar-refractivity contribution in [3.05, 3.63) is 47.1 Å². The van der Waals surface area contributed by atoms with Gasteiger partial charge in [-0.05, 0) is 44.2 Å². The van der Waals surface area contributed by atoms with Crippen molar-refractivity contribution >= 4 is 22.4 Å². The third kappa shape index (κ3) is 3.63. The van der Waals surface area contributed by atoms with E-state index in [9.17, 15) is 4.79 Å². The van der Waals surface area contributed by atoms with Gasteiger partial charge in [0.2, 0.25) is 0 Å². The number of aryl methyl sites for hydroxylation is 1. The molecule has 0 saturated heterocycles. The lowest BCUT2D eigenvalue weighted by atomic mass is 10.2. The number of carbonyl (C=O) groups is 1. The van der Waals surface area contributed by atoms with Gasteiger partial charge in [-0.2, -0.15) is 0 Å². The van der Waals surface area contributed by atoms with Crippen LogP contribution in [0, 0.1) is 13.8 Å². The standard InChI is InChI=1S/C19H21N3O3S/c1-12-9-16(17-11-26-19(20-17)21-18(23)10-24-3)13(2)22(12)14-5-7-15(25-4)8-6-14/h5-9,11H,10H2,1-4H3,(H,20,21,23). The number of aromatic nitrogens is 2. The van der Waals surface area contributed by atoms with Crippen LogP contribution in [0.25, 0.3) is 16.9 Å². The number of nitrogens with one attached hydrogen (secondary N) is 1. The molecule has 3 aromatic rings. The molecule has 2 aromatic heterocycles. The van der Waals surface area contributed by atoms with E-state index in [0.717, 1.165) is 34.1 Å². The number of benzene rings is 1. The number of hydrogen-bond acceptors (Lipinski definition) is 5. The summed E-state index contributed by atoms with van der Waals surface area (Å²) in [5.74, 6) is 0.615. The molecule has 1 amide bonds. The maximum absolute atomic E-state index is 11.6. The van der Waals surface area contributed by atoms with Crippen LogP contribution in [0.15, 0.2) is 35.7 Å². The number of rotatable bonds is 6. The molecule has 0 aliphatic carbocycles. The van der Waals surface area contributed by atoms with Crippen molar-refractivity contribution < 1.29 is 14.3 Å². The summed E-state index contributed by atoms with van der Waals surface area (Å²) in [6.07, 6.45) is 0. The first kappa shape index (κ1) is 18.2. The van der Waals surface area contributed by atoms with Crippen molar-refractivity contribution in [3.63, 3.8) is 0 Å². The van der Waals surface area contributed by atoms with E-state index in [1.165, 1.54) is 18.4 Å². The number of nitrogens with zero attached hydrogens (tertiary/aromatic N) is 2. The molecule has 2 heterocycles. The number of ether oxygens (including phenoxy) is 2. The predicted octanol–water partition coefficient (Wildman–Crippen LogP) is 3.81. The van der Waals surface area contributed by atoms with Crippen LogP contribution in [0.5, 0.6) is 5.75 Å². The molecule has 0 atom stereocenters. The van der Waals surface area contributed by atoms with Gasteiger partial charge in [0.05, 0.1) is 12.8 Å². The van der Waals surface area contributed by atoms with Crippen molar-refractivity contribution in [1.29, 1.82) is 0 Å². The molecule has 0 spiro atoms. The van der Waals surface area contributed by atoms with Crippen molar-refractivity contribution in [2.24, 2.45) is 0 Å². The SMILES string of the molecule is COCC(=O)Nc1nc(-c2cc(C)n(-c3ccc(OC)cc3)c2C)cs1. The molecule has 0 fully saturated rings. The van der Waals surface area contributed by atoms with Crippen molar-refractivity contribution in [3.8, 4) is 22.7 Å². The largest absolute Gasteiger partial charge is 0.497 e. The van der Waals surface area contributed by atoms with Gasteiger partial charge in [0.25, 0.3) is 5.91 Å². The van der Waals surface area contributed by atoms with Crippen molar-refractivity contribution in [2.45, 2.75) is 13.8 Å². The predicted molar refractivity (Wildman–Crippen MR) is 103 cm³/mol. The zero-order valence-corrected chi connectivity index (χ0v) is 16.0. The zero-order chi connectivity index (χ0) is 18.7. The molecule has 0 aliphatic rings. The van der Waals surface area contributed by atoms with E-state index in [1.54, 1.807) is 7.11 Å². The molecule has 7 heteroatoms. The van der Waals surface area contributed by atoms with Gasteiger partial charge in [-0.15, -0.1) is 11.3 Å². The van der Waals surface area contributed by atoms with Gasteiger partial charge in [0.15, 0.2) is 5.13 Å². The number of hydrogen-bond donors (Lipinski definition) is 1. The summed E-state index contributed by atoms with van der Waals surface area (Å²) in [4.78, 5) is 16.2. The van der Waals surface area contributed by atoms with E-state index < -0.39 is 0 Å². The van der Waals surface area contributed by atoms with E-state index in [1.807, 2.05) is 29.6 Å². The lowest BCUT2D eigenvalue weighted by Gasteiger charge is -2.10. The molecule has 1 N–H and O–H groups in total. The second kappa shape index (κ2) is 7.72. The van der Waals surface area contributed by atoms with E-state index >= 15 is 0 Å². The molecule has 6 nitrogen and oxygen atoms in total. The summed E-state index contributed by atoms with van der Waals surface area (Å²) < 4.78 is 12.2. The highest BCUT2D eigenvalue weighted by atomic mass is 32.1. The van der Waals surface area contributed by atoms with Gasteiger partial charge in [-0.1, -0.05) is 0 Å². The van der Waals surface area contributed by atoms with Gasteiger partial charge < -0.3 is 14.0 Å². The summed E-state index contributed by atoms with van der Waals surface area (Å²) in [6, 6.07) is 10.1. The second-order valence-electron chi connectivity index (χ2n) is 5.84. The smallest absolute Gasteiger partial charge is 0.252 e. The van der Waals surface area contributed by atoms with Gasteiger partial charge in [-0.3, -0.25) is 10.1 Å². The lowest BCUT2D eigenvalue weighted by Crippen LogP contribution is -2.16. The fraction of sp³-hybridized carbons (Fsp3) is 0.263. The molecular weight excluding hydrogens is 350 g/mol. The molecule has 3 rings (SSSR count). The van der Waals surface area contributed by atoms with Crippen LogP contribution < -0.4 is 10.1 Å². The first-order valence-electron chi connectivity index (χ1n) is 8.11. The number of thiazole rings is 1. The molecule has 0 bridgehead atoms. The van der Waals surface area contributed by atoms with Gasteiger partial charge >= 0.3 is 0 Å². The number of carbonyl (C=O) groups excluding carboxylic acids is 1. The average molecular weight is 371 g/mol. The Hall–Kier alpha value is -2.64. The van der Waals surface area contributed by atoms with Crippen LogP contribution in [0.2, 0.25) is 0 Å². The Morgan fingerprint density at radius 3 is 2.62 bits per heavy atom. The molecule has 0 radical (unpaired) electrons. The fourth-order valence-electron chi connectivity index (χ4n) is 2.89.